The molecule has 5 heteroatoms. The highest BCUT2D eigenvalue weighted by Crippen LogP contribution is 2.35. The van der Waals surface area contributed by atoms with E-state index in [-0.39, 0.29) is 6.61 Å². The van der Waals surface area contributed by atoms with Gasteiger partial charge in [-0.05, 0) is 54.9 Å². The third kappa shape index (κ3) is 7.01. The SMILES string of the molecule is CCCCCCC#CC(C)(C)[C@@H](O)[C@@H]1COC(C)(C)N1C(=O)OC(C)(C)C. The number of amides is 1. The largest absolute Gasteiger partial charge is 0.444 e. The number of hydrogen-bond acceptors (Lipinski definition) is 4. The van der Waals surface area contributed by atoms with Gasteiger partial charge >= 0.3 is 6.09 Å². The Morgan fingerprint density at radius 3 is 2.44 bits per heavy atom. The van der Waals surface area contributed by atoms with Gasteiger partial charge in [-0.3, -0.25) is 4.90 Å². The van der Waals surface area contributed by atoms with Crippen LogP contribution in [0.5, 0.6) is 0 Å². The summed E-state index contributed by atoms with van der Waals surface area (Å²) in [4.78, 5) is 14.3. The Morgan fingerprint density at radius 1 is 1.26 bits per heavy atom. The van der Waals surface area contributed by atoms with Crippen molar-refractivity contribution in [2.24, 2.45) is 5.41 Å². The molecule has 5 nitrogen and oxygen atoms in total. The molecule has 0 spiro atoms. The summed E-state index contributed by atoms with van der Waals surface area (Å²) in [5.74, 6) is 6.42. The zero-order chi connectivity index (χ0) is 20.9. The molecule has 1 aliphatic rings. The van der Waals surface area contributed by atoms with Gasteiger partial charge in [0.25, 0.3) is 0 Å². The van der Waals surface area contributed by atoms with Gasteiger partial charge in [0.2, 0.25) is 0 Å². The molecule has 1 N–H and O–H groups in total. The Morgan fingerprint density at radius 2 is 1.89 bits per heavy atom. The van der Waals surface area contributed by atoms with Crippen LogP contribution in [0.15, 0.2) is 0 Å². The van der Waals surface area contributed by atoms with Gasteiger partial charge in [0.15, 0.2) is 0 Å². The van der Waals surface area contributed by atoms with Crippen molar-refractivity contribution in [1.29, 1.82) is 0 Å². The first kappa shape index (κ1) is 23.8. The minimum Gasteiger partial charge on any atom is -0.444 e. The van der Waals surface area contributed by atoms with Crippen LogP contribution in [0, 0.1) is 17.3 Å². The summed E-state index contributed by atoms with van der Waals surface area (Å²) in [5, 5.41) is 11.0. The molecule has 1 amide bonds. The zero-order valence-corrected chi connectivity index (χ0v) is 18.5. The van der Waals surface area contributed by atoms with Crippen LogP contribution in [0.1, 0.15) is 87.5 Å². The molecule has 0 radical (unpaired) electrons. The molecule has 1 aliphatic heterocycles. The summed E-state index contributed by atoms with van der Waals surface area (Å²) in [6.45, 7) is 15.4. The maximum atomic E-state index is 12.8. The van der Waals surface area contributed by atoms with Gasteiger partial charge in [-0.1, -0.05) is 32.1 Å². The van der Waals surface area contributed by atoms with E-state index in [1.165, 1.54) is 24.2 Å². The van der Waals surface area contributed by atoms with Crippen LogP contribution >= 0.6 is 0 Å². The number of ether oxygens (including phenoxy) is 2. The predicted molar refractivity (Wildman–Crippen MR) is 108 cm³/mol. The van der Waals surface area contributed by atoms with E-state index in [0.717, 1.165) is 12.8 Å². The van der Waals surface area contributed by atoms with E-state index in [2.05, 4.69) is 18.8 Å². The first-order chi connectivity index (χ1) is 12.3. The molecular formula is C22H39NO4. The summed E-state index contributed by atoms with van der Waals surface area (Å²) in [5.41, 5.74) is -2.10. The monoisotopic (exact) mass is 381 g/mol. The standard InChI is InChI=1S/C22H39NO4/c1-9-10-11-12-13-14-15-21(5,6)18(24)17-16-26-22(7,8)23(17)19(25)27-20(2,3)4/h17-18,24H,9-13,16H2,1-8H3/t17-,18-/m0/s1. The number of rotatable bonds is 6. The molecule has 0 aromatic carbocycles. The van der Waals surface area contributed by atoms with Crippen molar-refractivity contribution in [2.45, 2.75) is 111 Å². The van der Waals surface area contributed by atoms with Crippen LogP contribution in [0.4, 0.5) is 4.79 Å². The second-order valence-corrected chi connectivity index (χ2v) is 9.45. The molecule has 1 heterocycles. The van der Waals surface area contributed by atoms with Crippen molar-refractivity contribution in [2.75, 3.05) is 6.61 Å². The van der Waals surface area contributed by atoms with Crippen LogP contribution in [0.2, 0.25) is 0 Å². The maximum Gasteiger partial charge on any atom is 0.412 e. The lowest BCUT2D eigenvalue weighted by Crippen LogP contribution is -2.56. The van der Waals surface area contributed by atoms with Crippen molar-refractivity contribution in [3.05, 3.63) is 0 Å². The molecule has 2 atom stereocenters. The average molecular weight is 382 g/mol. The number of unbranched alkanes of at least 4 members (excludes halogenated alkanes) is 4. The molecule has 1 saturated heterocycles. The molecule has 156 valence electrons. The highest BCUT2D eigenvalue weighted by Gasteiger charge is 2.51. The number of hydrogen-bond donors (Lipinski definition) is 1. The fraction of sp³-hybridized carbons (Fsp3) is 0.864. The molecule has 0 aromatic rings. The van der Waals surface area contributed by atoms with Gasteiger partial charge in [-0.15, -0.1) is 5.92 Å². The highest BCUT2D eigenvalue weighted by atomic mass is 16.6. The molecule has 1 fully saturated rings. The van der Waals surface area contributed by atoms with Gasteiger partial charge in [0, 0.05) is 6.42 Å². The number of aliphatic hydroxyl groups is 1. The summed E-state index contributed by atoms with van der Waals surface area (Å²) in [6.07, 6.45) is 4.22. The van der Waals surface area contributed by atoms with E-state index in [1.54, 1.807) is 0 Å². The van der Waals surface area contributed by atoms with E-state index in [9.17, 15) is 9.90 Å². The van der Waals surface area contributed by atoms with Gasteiger partial charge in [-0.2, -0.15) is 0 Å². The second kappa shape index (κ2) is 9.30. The van der Waals surface area contributed by atoms with Crippen molar-refractivity contribution < 1.29 is 19.4 Å². The Kier molecular flexibility index (Phi) is 8.19. The van der Waals surface area contributed by atoms with E-state index in [0.29, 0.717) is 0 Å². The van der Waals surface area contributed by atoms with E-state index in [4.69, 9.17) is 9.47 Å². The molecule has 0 saturated carbocycles. The van der Waals surface area contributed by atoms with E-state index < -0.39 is 35.0 Å². The third-order valence-corrected chi connectivity index (χ3v) is 4.78. The third-order valence-electron chi connectivity index (χ3n) is 4.78. The first-order valence-electron chi connectivity index (χ1n) is 10.2. The molecule has 27 heavy (non-hydrogen) atoms. The van der Waals surface area contributed by atoms with Crippen LogP contribution in [0.25, 0.3) is 0 Å². The van der Waals surface area contributed by atoms with Crippen LogP contribution < -0.4 is 0 Å². The van der Waals surface area contributed by atoms with Gasteiger partial charge in [0.1, 0.15) is 11.3 Å². The Labute approximate surface area is 165 Å². The lowest BCUT2D eigenvalue weighted by atomic mass is 9.82. The maximum absolute atomic E-state index is 12.8. The van der Waals surface area contributed by atoms with Crippen molar-refractivity contribution in [1.82, 2.24) is 4.90 Å². The number of carbonyl (C=O) groups excluding carboxylic acids is 1. The number of nitrogens with zero attached hydrogens (tertiary/aromatic N) is 1. The van der Waals surface area contributed by atoms with Crippen LogP contribution in [-0.2, 0) is 9.47 Å². The van der Waals surface area contributed by atoms with E-state index >= 15 is 0 Å². The molecule has 0 unspecified atom stereocenters. The van der Waals surface area contributed by atoms with Crippen molar-refractivity contribution in [3.8, 4) is 11.8 Å². The van der Waals surface area contributed by atoms with Crippen LogP contribution in [0.3, 0.4) is 0 Å². The highest BCUT2D eigenvalue weighted by molar-refractivity contribution is 5.70. The number of carbonyl (C=O) groups is 1. The lowest BCUT2D eigenvalue weighted by Gasteiger charge is -2.39. The molecule has 0 bridgehead atoms. The smallest absolute Gasteiger partial charge is 0.412 e. The van der Waals surface area contributed by atoms with Gasteiger partial charge in [-0.25, -0.2) is 4.79 Å². The minimum atomic E-state index is -0.838. The first-order valence-corrected chi connectivity index (χ1v) is 10.2. The Bertz CT molecular complexity index is 551. The fourth-order valence-electron chi connectivity index (χ4n) is 3.22. The quantitative estimate of drug-likeness (QED) is 0.534. The predicted octanol–water partition coefficient (Wildman–Crippen LogP) is 4.72. The second-order valence-electron chi connectivity index (χ2n) is 9.45. The van der Waals surface area contributed by atoms with Gasteiger partial charge < -0.3 is 14.6 Å². The fourth-order valence-corrected chi connectivity index (χ4v) is 3.22. The topological polar surface area (TPSA) is 59.0 Å². The minimum absolute atomic E-state index is 0.259. The summed E-state index contributed by atoms with van der Waals surface area (Å²) in [7, 11) is 0. The normalized spacial score (nSPS) is 20.8. The summed E-state index contributed by atoms with van der Waals surface area (Å²) in [6, 6.07) is -0.501. The van der Waals surface area contributed by atoms with E-state index in [1.807, 2.05) is 48.5 Å². The van der Waals surface area contributed by atoms with Crippen molar-refractivity contribution >= 4 is 6.09 Å². The molecular weight excluding hydrogens is 342 g/mol. The molecule has 1 rings (SSSR count). The van der Waals surface area contributed by atoms with Crippen molar-refractivity contribution in [3.63, 3.8) is 0 Å². The van der Waals surface area contributed by atoms with Crippen LogP contribution in [-0.4, -0.2) is 46.2 Å². The Balaban J connectivity index is 2.87. The summed E-state index contributed by atoms with van der Waals surface area (Å²) < 4.78 is 11.4. The molecule has 0 aliphatic carbocycles. The Hall–Kier alpha value is -1.25. The lowest BCUT2D eigenvalue weighted by molar-refractivity contribution is -0.0721. The molecule has 0 aromatic heterocycles. The number of aliphatic hydroxyl groups excluding tert-OH is 1. The average Bonchev–Trinajstić information content (AvgIpc) is 2.83. The summed E-state index contributed by atoms with van der Waals surface area (Å²) >= 11 is 0. The zero-order valence-electron chi connectivity index (χ0n) is 18.5. The van der Waals surface area contributed by atoms with Gasteiger partial charge in [0.05, 0.1) is 24.2 Å².